The van der Waals surface area contributed by atoms with E-state index in [1.807, 2.05) is 6.92 Å². The van der Waals surface area contributed by atoms with E-state index in [2.05, 4.69) is 0 Å². The molecular formula is C5H13NS2. The lowest BCUT2D eigenvalue weighted by atomic mass is 10.6. The fraction of sp³-hybridized carbons (Fsp3) is 1.00. The molecule has 0 saturated carbocycles. The van der Waals surface area contributed by atoms with Crippen LogP contribution >= 0.6 is 21.6 Å². The van der Waals surface area contributed by atoms with Crippen molar-refractivity contribution in [3.8, 4) is 0 Å². The smallest absolute Gasteiger partial charge is 0.0434 e. The fourth-order valence-electron chi connectivity index (χ4n) is 0.204. The minimum absolute atomic E-state index is 0.0144. The van der Waals surface area contributed by atoms with Gasteiger partial charge in [0.1, 0.15) is 0 Å². The van der Waals surface area contributed by atoms with Gasteiger partial charge in [-0.15, -0.1) is 0 Å². The molecule has 0 aromatic rings. The Kier molecular flexibility index (Phi) is 5.21. The summed E-state index contributed by atoms with van der Waals surface area (Å²) >= 11 is 0. The van der Waals surface area contributed by atoms with E-state index in [9.17, 15) is 0 Å². The Morgan fingerprint density at radius 3 is 2.62 bits per heavy atom. The molecule has 0 aliphatic heterocycles. The minimum atomic E-state index is -0.474. The second kappa shape index (κ2) is 7.66. The minimum Gasteiger partial charge on any atom is -0.330 e. The third-order valence-electron chi connectivity index (χ3n) is 0.482. The predicted molar refractivity (Wildman–Crippen MR) is 44.3 cm³/mol. The number of hydrogen-bond donors (Lipinski definition) is 1. The summed E-state index contributed by atoms with van der Waals surface area (Å²) in [5.41, 5.74) is 5.19. The largest absolute Gasteiger partial charge is 0.330 e. The van der Waals surface area contributed by atoms with Gasteiger partial charge in [-0.3, -0.25) is 0 Å². The van der Waals surface area contributed by atoms with Crippen LogP contribution in [0.2, 0.25) is 0 Å². The molecule has 50 valence electrons. The van der Waals surface area contributed by atoms with E-state index in [0.29, 0.717) is 5.75 Å². The average Bonchev–Trinajstić information content (AvgIpc) is 1.79. The van der Waals surface area contributed by atoms with Gasteiger partial charge in [-0.1, -0.05) is 28.5 Å². The molecule has 2 atom stereocenters. The molecule has 0 spiro atoms. The van der Waals surface area contributed by atoms with Crippen LogP contribution in [0.3, 0.4) is 0 Å². The monoisotopic (exact) mass is 153 g/mol. The van der Waals surface area contributed by atoms with E-state index in [1.165, 1.54) is 0 Å². The van der Waals surface area contributed by atoms with Crippen molar-refractivity contribution in [2.45, 2.75) is 13.3 Å². The Balaban J connectivity index is 2.91. The Bertz CT molecular complexity index is 70.0. The SMILES string of the molecule is [2H]C(C)CSSCC([2H])N. The van der Waals surface area contributed by atoms with E-state index in [1.54, 1.807) is 21.6 Å². The van der Waals surface area contributed by atoms with Gasteiger partial charge in [0, 0.05) is 20.8 Å². The molecule has 3 heteroatoms. The summed E-state index contributed by atoms with van der Waals surface area (Å²) < 4.78 is 14.1. The van der Waals surface area contributed by atoms with Crippen LogP contribution in [0.25, 0.3) is 0 Å². The molecule has 0 aliphatic carbocycles. The predicted octanol–water partition coefficient (Wildman–Crippen LogP) is 1.74. The third kappa shape index (κ3) is 6.66. The zero-order chi connectivity index (χ0) is 7.98. The molecule has 0 aromatic heterocycles. The molecule has 1 nitrogen and oxygen atoms in total. The van der Waals surface area contributed by atoms with Crippen LogP contribution in [0.1, 0.15) is 16.1 Å². The van der Waals surface area contributed by atoms with Crippen LogP contribution in [-0.4, -0.2) is 18.0 Å². The van der Waals surface area contributed by atoms with Gasteiger partial charge in [-0.2, -0.15) is 0 Å². The van der Waals surface area contributed by atoms with Crippen LogP contribution in [0.5, 0.6) is 0 Å². The van der Waals surface area contributed by atoms with Gasteiger partial charge < -0.3 is 5.73 Å². The van der Waals surface area contributed by atoms with Crippen molar-refractivity contribution >= 4 is 21.6 Å². The highest BCUT2D eigenvalue weighted by Crippen LogP contribution is 2.20. The molecule has 0 rings (SSSR count). The molecule has 0 aliphatic rings. The first-order valence-corrected chi connectivity index (χ1v) is 4.96. The van der Waals surface area contributed by atoms with Crippen LogP contribution < -0.4 is 5.73 Å². The van der Waals surface area contributed by atoms with Crippen LogP contribution in [0.15, 0.2) is 0 Å². The maximum absolute atomic E-state index is 7.15. The summed E-state index contributed by atoms with van der Waals surface area (Å²) in [5.74, 6) is 1.47. The van der Waals surface area contributed by atoms with Gasteiger partial charge >= 0.3 is 0 Å². The van der Waals surface area contributed by atoms with Gasteiger partial charge in [0.25, 0.3) is 0 Å². The molecule has 2 unspecified atom stereocenters. The summed E-state index contributed by atoms with van der Waals surface area (Å²) in [6, 6.07) is 0. The molecular weight excluding hydrogens is 138 g/mol. The van der Waals surface area contributed by atoms with Gasteiger partial charge in [-0.05, 0) is 6.40 Å². The lowest BCUT2D eigenvalue weighted by Crippen LogP contribution is -1.99. The molecule has 0 radical (unpaired) electrons. The van der Waals surface area contributed by atoms with Gasteiger partial charge in [0.2, 0.25) is 0 Å². The van der Waals surface area contributed by atoms with Crippen molar-refractivity contribution in [3.63, 3.8) is 0 Å². The topological polar surface area (TPSA) is 26.0 Å². The molecule has 8 heavy (non-hydrogen) atoms. The maximum atomic E-state index is 7.15. The molecule has 0 saturated heterocycles. The first-order chi connectivity index (χ1) is 4.63. The van der Waals surface area contributed by atoms with Crippen LogP contribution in [0.4, 0.5) is 0 Å². The first-order valence-electron chi connectivity index (χ1n) is 3.63. The van der Waals surface area contributed by atoms with Crippen molar-refractivity contribution in [2.75, 3.05) is 18.0 Å². The zero-order valence-corrected chi connectivity index (χ0v) is 6.60. The third-order valence-corrected chi connectivity index (χ3v) is 2.76. The Morgan fingerprint density at radius 1 is 1.50 bits per heavy atom. The molecule has 0 fully saturated rings. The van der Waals surface area contributed by atoms with Gasteiger partial charge in [-0.25, -0.2) is 0 Å². The summed E-state index contributed by atoms with van der Waals surface area (Å²) in [4.78, 5) is 0. The van der Waals surface area contributed by atoms with Crippen molar-refractivity contribution in [1.29, 1.82) is 0 Å². The lowest BCUT2D eigenvalue weighted by Gasteiger charge is -1.93. The summed E-state index contributed by atoms with van der Waals surface area (Å²) in [7, 11) is 3.19. The van der Waals surface area contributed by atoms with E-state index < -0.39 is 6.52 Å². The highest BCUT2D eigenvalue weighted by molar-refractivity contribution is 8.76. The summed E-state index contributed by atoms with van der Waals surface area (Å²) in [6.45, 7) is 1.38. The van der Waals surface area contributed by atoms with E-state index >= 15 is 0 Å². The van der Waals surface area contributed by atoms with E-state index in [4.69, 9.17) is 8.48 Å². The van der Waals surface area contributed by atoms with Crippen molar-refractivity contribution in [3.05, 3.63) is 0 Å². The highest BCUT2D eigenvalue weighted by atomic mass is 33.1. The van der Waals surface area contributed by atoms with Crippen LogP contribution in [0, 0.1) is 0 Å². The van der Waals surface area contributed by atoms with Crippen LogP contribution in [-0.2, 0) is 0 Å². The standard InChI is InChI=1S/C5H13NS2/c1-2-4-7-8-5-3-6/h2-6H2,1H3/i2D,3D. The van der Waals surface area contributed by atoms with Crippen molar-refractivity contribution in [1.82, 2.24) is 0 Å². The molecule has 0 amide bonds. The average molecular weight is 153 g/mol. The number of rotatable bonds is 5. The zero-order valence-electron chi connectivity index (χ0n) is 6.96. The Morgan fingerprint density at radius 2 is 2.12 bits per heavy atom. The van der Waals surface area contributed by atoms with E-state index in [0.717, 1.165) is 5.75 Å². The number of nitrogens with two attached hydrogens (primary N) is 1. The highest BCUT2D eigenvalue weighted by Gasteiger charge is 1.83. The fourth-order valence-corrected chi connectivity index (χ4v) is 1.83. The Hall–Kier alpha value is 0.660. The maximum Gasteiger partial charge on any atom is 0.0434 e. The number of hydrogen-bond acceptors (Lipinski definition) is 3. The Labute approximate surface area is 62.0 Å². The quantitative estimate of drug-likeness (QED) is 0.481. The lowest BCUT2D eigenvalue weighted by molar-refractivity contribution is 1.11. The van der Waals surface area contributed by atoms with Crippen molar-refractivity contribution < 1.29 is 2.74 Å². The second-order valence-electron chi connectivity index (χ2n) is 1.21. The molecule has 0 aromatic carbocycles. The molecule has 2 N–H and O–H groups in total. The second-order valence-corrected chi connectivity index (χ2v) is 3.77. The molecule has 0 bridgehead atoms. The summed E-state index contributed by atoms with van der Waals surface area (Å²) in [5, 5.41) is 0. The van der Waals surface area contributed by atoms with E-state index in [-0.39, 0.29) is 6.40 Å². The first kappa shape index (κ1) is 5.45. The normalized spacial score (nSPS) is 21.2. The summed E-state index contributed by atoms with van der Waals surface area (Å²) in [6.07, 6.45) is -0.0144. The van der Waals surface area contributed by atoms with Gasteiger partial charge in [0.15, 0.2) is 0 Å². The van der Waals surface area contributed by atoms with Crippen molar-refractivity contribution in [2.24, 2.45) is 5.73 Å². The van der Waals surface area contributed by atoms with Gasteiger partial charge in [0.05, 0.1) is 0 Å². The molecule has 0 heterocycles.